The van der Waals surface area contributed by atoms with Gasteiger partial charge in [0, 0.05) is 49.1 Å². The number of carbonyl (C=O) groups is 1. The van der Waals surface area contributed by atoms with Gasteiger partial charge >= 0.3 is 0 Å². The van der Waals surface area contributed by atoms with Gasteiger partial charge in [0.05, 0.1) is 6.04 Å². The van der Waals surface area contributed by atoms with Crippen molar-refractivity contribution >= 4 is 16.7 Å². The minimum Gasteiger partial charge on any atom is -0.343 e. The third kappa shape index (κ3) is 1.59. The van der Waals surface area contributed by atoms with Gasteiger partial charge in [-0.3, -0.25) is 9.69 Å². The Morgan fingerprint density at radius 1 is 1.20 bits per heavy atom. The van der Waals surface area contributed by atoms with Crippen molar-refractivity contribution in [2.24, 2.45) is 0 Å². The summed E-state index contributed by atoms with van der Waals surface area (Å²) in [5.41, 5.74) is 4.23. The summed E-state index contributed by atoms with van der Waals surface area (Å²) >= 11 is 0. The Morgan fingerprint density at radius 2 is 2.00 bits per heavy atom. The molecule has 1 fully saturated rings. The second-order valence-electron chi connectivity index (χ2n) is 5.92. The van der Waals surface area contributed by atoms with Gasteiger partial charge in [0.15, 0.2) is 0 Å². The molecule has 3 heteroatoms. The van der Waals surface area contributed by atoms with Crippen molar-refractivity contribution in [1.29, 1.82) is 0 Å². The van der Waals surface area contributed by atoms with Gasteiger partial charge < -0.3 is 4.57 Å². The first-order valence-corrected chi connectivity index (χ1v) is 7.65. The molecule has 3 heterocycles. The first kappa shape index (κ1) is 12.2. The molecule has 4 rings (SSSR count). The van der Waals surface area contributed by atoms with E-state index in [2.05, 4.69) is 40.7 Å². The van der Waals surface area contributed by atoms with Gasteiger partial charge in [-0.15, -0.1) is 0 Å². The highest BCUT2D eigenvalue weighted by Crippen LogP contribution is 2.40. The fraction of sp³-hybridized carbons (Fsp3) is 0.471. The Balaban J connectivity index is 1.96. The van der Waals surface area contributed by atoms with Gasteiger partial charge in [-0.1, -0.05) is 18.2 Å². The monoisotopic (exact) mass is 268 g/mol. The molecule has 1 aromatic carbocycles. The number of rotatable bonds is 1. The molecule has 0 aliphatic carbocycles. The van der Waals surface area contributed by atoms with Gasteiger partial charge in [0.1, 0.15) is 5.78 Å². The molecule has 2 aliphatic heterocycles. The summed E-state index contributed by atoms with van der Waals surface area (Å²) in [6, 6.07) is 9.00. The maximum absolute atomic E-state index is 11.9. The smallest absolute Gasteiger partial charge is 0.136 e. The third-order valence-corrected chi connectivity index (χ3v) is 4.94. The van der Waals surface area contributed by atoms with Crippen molar-refractivity contribution < 1.29 is 4.79 Å². The lowest BCUT2D eigenvalue weighted by Crippen LogP contribution is -2.42. The Labute approximate surface area is 119 Å². The van der Waals surface area contributed by atoms with Crippen LogP contribution in [0.1, 0.15) is 37.1 Å². The molecule has 0 spiro atoms. The fourth-order valence-electron chi connectivity index (χ4n) is 4.04. The Hall–Kier alpha value is -1.61. The molecular formula is C17H20N2O. The number of benzene rings is 1. The van der Waals surface area contributed by atoms with Gasteiger partial charge in [-0.05, 0) is 25.0 Å². The van der Waals surface area contributed by atoms with E-state index in [-0.39, 0.29) is 0 Å². The van der Waals surface area contributed by atoms with Crippen molar-refractivity contribution in [1.82, 2.24) is 9.47 Å². The molecule has 0 bridgehead atoms. The van der Waals surface area contributed by atoms with Crippen LogP contribution in [0.25, 0.3) is 10.9 Å². The van der Waals surface area contributed by atoms with Crippen LogP contribution in [0.5, 0.6) is 0 Å². The molecule has 1 atom stereocenters. The number of aryl methyl sites for hydroxylation is 1. The number of carbonyl (C=O) groups excluding carboxylic acids is 1. The van der Waals surface area contributed by atoms with E-state index in [9.17, 15) is 4.79 Å². The Morgan fingerprint density at radius 3 is 2.85 bits per heavy atom. The number of piperidine rings is 1. The maximum atomic E-state index is 11.9. The van der Waals surface area contributed by atoms with Crippen molar-refractivity contribution in [3.8, 4) is 0 Å². The van der Waals surface area contributed by atoms with Crippen molar-refractivity contribution in [3.05, 3.63) is 35.5 Å². The van der Waals surface area contributed by atoms with Gasteiger partial charge in [0.2, 0.25) is 0 Å². The average molecular weight is 268 g/mol. The first-order chi connectivity index (χ1) is 9.79. The van der Waals surface area contributed by atoms with E-state index in [4.69, 9.17) is 0 Å². The van der Waals surface area contributed by atoms with E-state index in [0.29, 0.717) is 18.2 Å². The fourth-order valence-corrected chi connectivity index (χ4v) is 4.04. The quantitative estimate of drug-likeness (QED) is 0.794. The Bertz CT molecular complexity index is 653. The summed E-state index contributed by atoms with van der Waals surface area (Å²) < 4.78 is 2.43. The summed E-state index contributed by atoms with van der Waals surface area (Å²) in [5, 5.41) is 1.39. The summed E-state index contributed by atoms with van der Waals surface area (Å²) in [4.78, 5) is 14.4. The predicted octanol–water partition coefficient (Wildman–Crippen LogP) is 2.92. The van der Waals surface area contributed by atoms with E-state index in [1.54, 1.807) is 0 Å². The molecule has 1 saturated heterocycles. The molecule has 1 aromatic heterocycles. The molecule has 0 N–H and O–H groups in total. The Kier molecular flexibility index (Phi) is 2.71. The number of Topliss-reactive ketones (excluding diaryl/α,β-unsaturated/α-hetero) is 1. The van der Waals surface area contributed by atoms with E-state index >= 15 is 0 Å². The van der Waals surface area contributed by atoms with Gasteiger partial charge in [0.25, 0.3) is 0 Å². The van der Waals surface area contributed by atoms with Gasteiger partial charge in [-0.25, -0.2) is 0 Å². The summed E-state index contributed by atoms with van der Waals surface area (Å²) in [5.74, 6) is 0.423. The minimum absolute atomic E-state index is 0.312. The topological polar surface area (TPSA) is 25.2 Å². The third-order valence-electron chi connectivity index (χ3n) is 4.94. The molecule has 0 amide bonds. The van der Waals surface area contributed by atoms with E-state index in [0.717, 1.165) is 32.5 Å². The minimum atomic E-state index is 0.312. The number of hydrogen-bond donors (Lipinski definition) is 0. The SMILES string of the molecule is CCn1c2c(c3ccccc31)CCN1CCC(=O)C[C@H]21. The van der Waals surface area contributed by atoms with Crippen LogP contribution in [0.15, 0.2) is 24.3 Å². The zero-order valence-corrected chi connectivity index (χ0v) is 11.9. The van der Waals surface area contributed by atoms with E-state index in [1.165, 1.54) is 22.2 Å². The molecule has 104 valence electrons. The van der Waals surface area contributed by atoms with Crippen LogP contribution in [0.2, 0.25) is 0 Å². The molecule has 2 aliphatic rings. The second kappa shape index (κ2) is 4.45. The highest BCUT2D eigenvalue weighted by Gasteiger charge is 2.36. The average Bonchev–Trinajstić information content (AvgIpc) is 2.81. The number of nitrogens with zero attached hydrogens (tertiary/aromatic N) is 2. The number of aromatic nitrogens is 1. The zero-order chi connectivity index (χ0) is 13.7. The summed E-state index contributed by atoms with van der Waals surface area (Å²) in [6.07, 6.45) is 2.55. The van der Waals surface area contributed by atoms with Gasteiger partial charge in [-0.2, -0.15) is 0 Å². The van der Waals surface area contributed by atoms with Crippen molar-refractivity contribution in [2.75, 3.05) is 13.1 Å². The van der Waals surface area contributed by atoms with Crippen LogP contribution >= 0.6 is 0 Å². The second-order valence-corrected chi connectivity index (χ2v) is 5.92. The van der Waals surface area contributed by atoms with Crippen LogP contribution in [0.3, 0.4) is 0 Å². The molecule has 2 aromatic rings. The lowest BCUT2D eigenvalue weighted by molar-refractivity contribution is -0.123. The van der Waals surface area contributed by atoms with E-state index < -0.39 is 0 Å². The van der Waals surface area contributed by atoms with E-state index in [1.807, 2.05) is 0 Å². The van der Waals surface area contributed by atoms with Crippen molar-refractivity contribution in [3.63, 3.8) is 0 Å². The lowest BCUT2D eigenvalue weighted by atomic mass is 9.90. The first-order valence-electron chi connectivity index (χ1n) is 7.65. The number of ketones is 1. The number of hydrogen-bond acceptors (Lipinski definition) is 2. The zero-order valence-electron chi connectivity index (χ0n) is 11.9. The van der Waals surface area contributed by atoms with Crippen LogP contribution in [-0.2, 0) is 17.8 Å². The number of para-hydroxylation sites is 1. The molecule has 20 heavy (non-hydrogen) atoms. The normalized spacial score (nSPS) is 22.9. The summed E-state index contributed by atoms with van der Waals surface area (Å²) in [6.45, 7) is 5.22. The van der Waals surface area contributed by atoms with Crippen LogP contribution in [0.4, 0.5) is 0 Å². The predicted molar refractivity (Wildman–Crippen MR) is 79.9 cm³/mol. The van der Waals surface area contributed by atoms with Crippen LogP contribution < -0.4 is 0 Å². The molecule has 0 saturated carbocycles. The summed E-state index contributed by atoms with van der Waals surface area (Å²) in [7, 11) is 0. The largest absolute Gasteiger partial charge is 0.343 e. The maximum Gasteiger partial charge on any atom is 0.136 e. The highest BCUT2D eigenvalue weighted by molar-refractivity contribution is 5.87. The van der Waals surface area contributed by atoms with Crippen LogP contribution in [0, 0.1) is 0 Å². The lowest BCUT2D eigenvalue weighted by Gasteiger charge is -2.39. The molecule has 0 unspecified atom stereocenters. The molecule has 0 radical (unpaired) electrons. The number of fused-ring (bicyclic) bond motifs is 5. The highest BCUT2D eigenvalue weighted by atomic mass is 16.1. The standard InChI is InChI=1S/C17H20N2O/c1-2-19-15-6-4-3-5-13(15)14-8-10-18-9-7-12(20)11-16(18)17(14)19/h3-6,16H,2,7-11H2,1H3/t16-/m1/s1. The van der Waals surface area contributed by atoms with Crippen LogP contribution in [-0.4, -0.2) is 28.3 Å². The molecule has 3 nitrogen and oxygen atoms in total. The van der Waals surface area contributed by atoms with Crippen molar-refractivity contribution in [2.45, 2.75) is 38.8 Å². The molecular weight excluding hydrogens is 248 g/mol.